The van der Waals surface area contributed by atoms with Crippen molar-refractivity contribution in [3.05, 3.63) is 24.3 Å². The molecular weight excluding hydrogens is 831 g/mol. The van der Waals surface area contributed by atoms with Gasteiger partial charge in [-0.2, -0.15) is 0 Å². The highest BCUT2D eigenvalue weighted by molar-refractivity contribution is 5.76. The van der Waals surface area contributed by atoms with Gasteiger partial charge in [-0.25, -0.2) is 0 Å². The monoisotopic (exact) mass is 938 g/mol. The van der Waals surface area contributed by atoms with Gasteiger partial charge in [-0.05, 0) is 51.4 Å². The highest BCUT2D eigenvalue weighted by Gasteiger charge is 2.44. The van der Waals surface area contributed by atoms with Gasteiger partial charge in [-0.15, -0.1) is 0 Å². The lowest BCUT2D eigenvalue weighted by atomic mass is 9.99. The van der Waals surface area contributed by atoms with Crippen molar-refractivity contribution in [2.45, 2.75) is 307 Å². The zero-order chi connectivity index (χ0) is 48.0. The maximum absolute atomic E-state index is 13.0. The molecule has 390 valence electrons. The number of hydrogen-bond acceptors (Lipinski definition) is 9. The van der Waals surface area contributed by atoms with E-state index in [9.17, 15) is 30.3 Å². The molecule has 10 nitrogen and oxygen atoms in total. The van der Waals surface area contributed by atoms with Crippen molar-refractivity contribution in [3.63, 3.8) is 0 Å². The third kappa shape index (κ3) is 36.6. The fourth-order valence-corrected chi connectivity index (χ4v) is 9.07. The third-order valence-corrected chi connectivity index (χ3v) is 13.6. The number of aliphatic hydroxyl groups is 6. The molecule has 10 heteroatoms. The lowest BCUT2D eigenvalue weighted by molar-refractivity contribution is -0.302. The van der Waals surface area contributed by atoms with Gasteiger partial charge in [-0.1, -0.05) is 230 Å². The quantitative estimate of drug-likeness (QED) is 0.0232. The Kier molecular flexibility index (Phi) is 44.9. The van der Waals surface area contributed by atoms with Crippen LogP contribution in [0.3, 0.4) is 0 Å². The third-order valence-electron chi connectivity index (χ3n) is 13.6. The number of nitrogens with one attached hydrogen (secondary N) is 1. The topological polar surface area (TPSA) is 169 Å². The second-order valence-corrected chi connectivity index (χ2v) is 19.8. The summed E-state index contributed by atoms with van der Waals surface area (Å²) < 4.78 is 11.2. The lowest BCUT2D eigenvalue weighted by Gasteiger charge is -2.40. The Hall–Kier alpha value is -1.37. The van der Waals surface area contributed by atoms with Crippen LogP contribution in [0.4, 0.5) is 0 Å². The highest BCUT2D eigenvalue weighted by Crippen LogP contribution is 2.23. The number of ether oxygens (including phenoxy) is 2. The number of aliphatic hydroxyl groups excluding tert-OH is 6. The molecule has 0 bridgehead atoms. The summed E-state index contributed by atoms with van der Waals surface area (Å²) in [6.45, 7) is 1.83. The van der Waals surface area contributed by atoms with Crippen LogP contribution >= 0.6 is 0 Å². The van der Waals surface area contributed by atoms with E-state index >= 15 is 0 Å². The van der Waals surface area contributed by atoms with Gasteiger partial charge in [-0.3, -0.25) is 4.79 Å². The zero-order valence-electron chi connectivity index (χ0n) is 42.7. The van der Waals surface area contributed by atoms with Crippen molar-refractivity contribution in [1.82, 2.24) is 5.32 Å². The molecule has 7 atom stereocenters. The lowest BCUT2D eigenvalue weighted by Crippen LogP contribution is -2.60. The molecule has 0 aromatic heterocycles. The Labute approximate surface area is 405 Å². The Morgan fingerprint density at radius 1 is 0.515 bits per heavy atom. The number of carbonyl (C=O) groups is 1. The first kappa shape index (κ1) is 62.6. The summed E-state index contributed by atoms with van der Waals surface area (Å²) in [5, 5.41) is 63.2. The first-order valence-electron chi connectivity index (χ1n) is 28.2. The van der Waals surface area contributed by atoms with Crippen molar-refractivity contribution in [3.8, 4) is 0 Å². The smallest absolute Gasteiger partial charge is 0.220 e. The fourth-order valence-electron chi connectivity index (χ4n) is 9.07. The maximum atomic E-state index is 13.0. The van der Waals surface area contributed by atoms with E-state index < -0.39 is 49.5 Å². The predicted octanol–water partition coefficient (Wildman–Crippen LogP) is 12.4. The molecule has 0 spiro atoms. The Morgan fingerprint density at radius 2 is 0.894 bits per heavy atom. The summed E-state index contributed by atoms with van der Waals surface area (Å²) in [6.07, 6.45) is 49.7. The molecule has 1 saturated heterocycles. The van der Waals surface area contributed by atoms with Crippen LogP contribution in [0.1, 0.15) is 264 Å². The van der Waals surface area contributed by atoms with Gasteiger partial charge in [0, 0.05) is 13.0 Å². The van der Waals surface area contributed by atoms with E-state index in [0.29, 0.717) is 13.0 Å². The fraction of sp³-hybridized carbons (Fsp3) is 0.911. The summed E-state index contributed by atoms with van der Waals surface area (Å²) in [5.74, 6) is -0.176. The number of allylic oxidation sites excluding steroid dienone is 3. The number of unbranched alkanes of at least 4 members (excludes halogenated alkanes) is 36. The average Bonchev–Trinajstić information content (AvgIpc) is 3.32. The van der Waals surface area contributed by atoms with Gasteiger partial charge in [0.05, 0.1) is 25.4 Å². The summed E-state index contributed by atoms with van der Waals surface area (Å²) in [6, 6.07) is -0.804. The largest absolute Gasteiger partial charge is 0.396 e. The number of carbonyl (C=O) groups excluding carboxylic acids is 1. The minimum atomic E-state index is -1.57. The molecule has 0 saturated carbocycles. The molecule has 0 aromatic carbocycles. The molecule has 3 unspecified atom stereocenters. The maximum Gasteiger partial charge on any atom is 0.220 e. The van der Waals surface area contributed by atoms with E-state index in [1.807, 2.05) is 6.08 Å². The van der Waals surface area contributed by atoms with Crippen LogP contribution in [0, 0.1) is 0 Å². The first-order chi connectivity index (χ1) is 32.3. The van der Waals surface area contributed by atoms with Crippen molar-refractivity contribution in [1.29, 1.82) is 0 Å². The van der Waals surface area contributed by atoms with Crippen molar-refractivity contribution in [2.24, 2.45) is 0 Å². The minimum Gasteiger partial charge on any atom is -0.396 e. The average molecular weight is 938 g/mol. The van der Waals surface area contributed by atoms with Crippen molar-refractivity contribution < 1.29 is 44.9 Å². The number of hydrogen-bond donors (Lipinski definition) is 7. The van der Waals surface area contributed by atoms with Crippen LogP contribution in [0.5, 0.6) is 0 Å². The number of amides is 1. The predicted molar refractivity (Wildman–Crippen MR) is 273 cm³/mol. The molecule has 66 heavy (non-hydrogen) atoms. The van der Waals surface area contributed by atoms with E-state index in [1.165, 1.54) is 199 Å². The van der Waals surface area contributed by atoms with Crippen LogP contribution in [-0.2, 0) is 14.3 Å². The Morgan fingerprint density at radius 3 is 1.30 bits per heavy atom. The van der Waals surface area contributed by atoms with Gasteiger partial charge >= 0.3 is 0 Å². The molecule has 1 aliphatic rings. The summed E-state index contributed by atoms with van der Waals surface area (Å²) in [7, 11) is 0. The van der Waals surface area contributed by atoms with Gasteiger partial charge < -0.3 is 45.4 Å². The Bertz CT molecular complexity index is 1090. The van der Waals surface area contributed by atoms with Crippen LogP contribution in [-0.4, -0.2) is 99.2 Å². The SMILES string of the molecule is CCCCCCCCCCCCCC=CC(O)C(COC1O[C@H](CO)[C@@H](O)[C@H](O)[C@H]1O)NC(=O)CCCCCCCCCCCCCCCCCCCCCCCC=CCCCCCCO. The summed E-state index contributed by atoms with van der Waals surface area (Å²) >= 11 is 0. The van der Waals surface area contributed by atoms with Gasteiger partial charge in [0.2, 0.25) is 5.91 Å². The Balaban J connectivity index is 2.13. The van der Waals surface area contributed by atoms with Crippen molar-refractivity contribution >= 4 is 5.91 Å². The van der Waals surface area contributed by atoms with E-state index in [1.54, 1.807) is 6.08 Å². The summed E-state index contributed by atoms with van der Waals surface area (Å²) in [4.78, 5) is 13.0. The molecule has 0 aliphatic carbocycles. The highest BCUT2D eigenvalue weighted by atomic mass is 16.7. The summed E-state index contributed by atoms with van der Waals surface area (Å²) in [5.41, 5.74) is 0. The molecular formula is C56H107NO9. The molecule has 0 radical (unpaired) electrons. The molecule has 1 aliphatic heterocycles. The van der Waals surface area contributed by atoms with Gasteiger partial charge in [0.15, 0.2) is 6.29 Å². The van der Waals surface area contributed by atoms with E-state index in [4.69, 9.17) is 14.6 Å². The standard InChI is InChI=1S/C56H107NO9/c1-2-3-4-5-6-7-8-26-29-32-35-38-41-44-50(60)49(48-65-56-55(64)54(63)53(62)51(47-59)66-56)57-52(61)45-42-39-36-33-30-27-24-22-20-18-16-14-12-10-9-11-13-15-17-19-21-23-25-28-31-34-37-40-43-46-58/h25,28,41,44,49-51,53-56,58-60,62-64H,2-24,26-27,29-40,42-43,45-48H2,1H3,(H,57,61)/t49?,50?,51-,53-,54+,55-,56?/m1/s1. The van der Waals surface area contributed by atoms with Crippen LogP contribution in [0.25, 0.3) is 0 Å². The van der Waals surface area contributed by atoms with Gasteiger partial charge in [0.25, 0.3) is 0 Å². The first-order valence-corrected chi connectivity index (χ1v) is 28.2. The molecule has 7 N–H and O–H groups in total. The van der Waals surface area contributed by atoms with Crippen LogP contribution < -0.4 is 5.32 Å². The second kappa shape index (κ2) is 47.3. The molecule has 1 rings (SSSR count). The van der Waals surface area contributed by atoms with E-state index in [-0.39, 0.29) is 12.5 Å². The molecule has 1 heterocycles. The molecule has 1 fully saturated rings. The van der Waals surface area contributed by atoms with E-state index in [2.05, 4.69) is 24.4 Å². The van der Waals surface area contributed by atoms with Crippen molar-refractivity contribution in [2.75, 3.05) is 19.8 Å². The number of rotatable bonds is 49. The molecule has 1 amide bonds. The van der Waals surface area contributed by atoms with Gasteiger partial charge in [0.1, 0.15) is 24.4 Å². The van der Waals surface area contributed by atoms with Crippen LogP contribution in [0.15, 0.2) is 24.3 Å². The zero-order valence-corrected chi connectivity index (χ0v) is 42.7. The molecule has 0 aromatic rings. The normalized spacial score (nSPS) is 19.9. The van der Waals surface area contributed by atoms with E-state index in [0.717, 1.165) is 51.4 Å². The second-order valence-electron chi connectivity index (χ2n) is 19.8. The minimum absolute atomic E-state index is 0.176. The van der Waals surface area contributed by atoms with Crippen LogP contribution in [0.2, 0.25) is 0 Å².